The maximum Gasteiger partial charge on any atom is 0.0583 e. The van der Waals surface area contributed by atoms with Crippen LogP contribution in [0.5, 0.6) is 0 Å². The third-order valence-electron chi connectivity index (χ3n) is 3.37. The van der Waals surface area contributed by atoms with E-state index in [1.807, 2.05) is 0 Å². The van der Waals surface area contributed by atoms with Gasteiger partial charge in [-0.3, -0.25) is 0 Å². The summed E-state index contributed by atoms with van der Waals surface area (Å²) in [7, 11) is 2.18. The van der Waals surface area contributed by atoms with Crippen LogP contribution in [0.25, 0.3) is 0 Å². The van der Waals surface area contributed by atoms with Gasteiger partial charge in [0.25, 0.3) is 0 Å². The highest BCUT2D eigenvalue weighted by Gasteiger charge is 2.38. The van der Waals surface area contributed by atoms with Crippen LogP contribution in [0.3, 0.4) is 0 Å². The highest BCUT2D eigenvalue weighted by molar-refractivity contribution is 4.92. The Bertz CT molecular complexity index is 146. The lowest BCUT2D eigenvalue weighted by Crippen LogP contribution is -2.38. The summed E-state index contributed by atoms with van der Waals surface area (Å²) in [4.78, 5) is 2.41. The monoisotopic (exact) mass is 155 g/mol. The standard InChI is InChI=1S/C9H17NO/c1-10-6-5-7-8(10)3-2-4-9(7)11/h7-9,11H,2-6H2,1H3. The zero-order valence-corrected chi connectivity index (χ0v) is 7.16. The van der Waals surface area contributed by atoms with Crippen LogP contribution in [-0.4, -0.2) is 35.7 Å². The van der Waals surface area contributed by atoms with Crippen molar-refractivity contribution < 1.29 is 5.11 Å². The normalized spacial score (nSPS) is 45.8. The highest BCUT2D eigenvalue weighted by Crippen LogP contribution is 2.35. The van der Waals surface area contributed by atoms with Gasteiger partial charge in [0.1, 0.15) is 0 Å². The molecule has 0 amide bonds. The summed E-state index contributed by atoms with van der Waals surface area (Å²) in [5.41, 5.74) is 0. The van der Waals surface area contributed by atoms with E-state index in [0.29, 0.717) is 12.0 Å². The van der Waals surface area contributed by atoms with Gasteiger partial charge in [-0.15, -0.1) is 0 Å². The molecule has 2 aliphatic rings. The molecule has 3 unspecified atom stereocenters. The number of hydrogen-bond acceptors (Lipinski definition) is 2. The van der Waals surface area contributed by atoms with Crippen molar-refractivity contribution in [1.29, 1.82) is 0 Å². The van der Waals surface area contributed by atoms with Gasteiger partial charge in [-0.05, 0) is 39.3 Å². The van der Waals surface area contributed by atoms with Crippen molar-refractivity contribution in [3.63, 3.8) is 0 Å². The zero-order valence-electron chi connectivity index (χ0n) is 7.16. The summed E-state index contributed by atoms with van der Waals surface area (Å²) in [6.45, 7) is 1.19. The first kappa shape index (κ1) is 7.56. The van der Waals surface area contributed by atoms with E-state index in [9.17, 15) is 5.11 Å². The Morgan fingerprint density at radius 3 is 2.82 bits per heavy atom. The van der Waals surface area contributed by atoms with Crippen molar-refractivity contribution >= 4 is 0 Å². The second-order valence-corrected chi connectivity index (χ2v) is 4.00. The molecule has 1 saturated heterocycles. The van der Waals surface area contributed by atoms with E-state index >= 15 is 0 Å². The Hall–Kier alpha value is -0.0800. The van der Waals surface area contributed by atoms with Gasteiger partial charge in [0.2, 0.25) is 0 Å². The number of rotatable bonds is 0. The van der Waals surface area contributed by atoms with Gasteiger partial charge in [-0.25, -0.2) is 0 Å². The average Bonchev–Trinajstić information content (AvgIpc) is 2.35. The maximum atomic E-state index is 9.67. The molecule has 1 heterocycles. The highest BCUT2D eigenvalue weighted by atomic mass is 16.3. The molecule has 0 radical (unpaired) electrons. The van der Waals surface area contributed by atoms with Gasteiger partial charge in [-0.1, -0.05) is 0 Å². The lowest BCUT2D eigenvalue weighted by atomic mass is 9.83. The third-order valence-corrected chi connectivity index (χ3v) is 3.37. The maximum absolute atomic E-state index is 9.67. The van der Waals surface area contributed by atoms with E-state index in [2.05, 4.69) is 11.9 Å². The third kappa shape index (κ3) is 1.18. The van der Waals surface area contributed by atoms with Gasteiger partial charge in [0.05, 0.1) is 6.10 Å². The van der Waals surface area contributed by atoms with Crippen molar-refractivity contribution in [3.8, 4) is 0 Å². The molecule has 0 bridgehead atoms. The largest absolute Gasteiger partial charge is 0.393 e. The summed E-state index contributed by atoms with van der Waals surface area (Å²) in [5, 5.41) is 9.67. The van der Waals surface area contributed by atoms with Crippen molar-refractivity contribution in [2.75, 3.05) is 13.6 Å². The Balaban J connectivity index is 2.07. The van der Waals surface area contributed by atoms with Crippen molar-refractivity contribution in [2.45, 2.75) is 37.8 Å². The molecule has 1 aliphatic heterocycles. The van der Waals surface area contributed by atoms with E-state index in [1.165, 1.54) is 25.8 Å². The molecular weight excluding hydrogens is 138 g/mol. The van der Waals surface area contributed by atoms with Crippen LogP contribution in [0.4, 0.5) is 0 Å². The van der Waals surface area contributed by atoms with E-state index in [-0.39, 0.29) is 6.10 Å². The number of aliphatic hydroxyl groups is 1. The van der Waals surface area contributed by atoms with E-state index in [4.69, 9.17) is 0 Å². The van der Waals surface area contributed by atoms with E-state index in [1.54, 1.807) is 0 Å². The first-order chi connectivity index (χ1) is 5.29. The summed E-state index contributed by atoms with van der Waals surface area (Å²) in [5.74, 6) is 0.591. The first-order valence-corrected chi connectivity index (χ1v) is 4.67. The predicted octanol–water partition coefficient (Wildman–Crippen LogP) is 0.851. The van der Waals surface area contributed by atoms with Crippen LogP contribution in [0, 0.1) is 5.92 Å². The van der Waals surface area contributed by atoms with Crippen LogP contribution in [0.1, 0.15) is 25.7 Å². The molecule has 1 aliphatic carbocycles. The molecular formula is C9H17NO. The van der Waals surface area contributed by atoms with Crippen LogP contribution >= 0.6 is 0 Å². The molecule has 3 atom stereocenters. The van der Waals surface area contributed by atoms with Crippen LogP contribution < -0.4 is 0 Å². The van der Waals surface area contributed by atoms with E-state index in [0.717, 1.165) is 6.42 Å². The molecule has 0 spiro atoms. The molecule has 2 rings (SSSR count). The van der Waals surface area contributed by atoms with Gasteiger partial charge < -0.3 is 10.0 Å². The second-order valence-electron chi connectivity index (χ2n) is 4.00. The number of fused-ring (bicyclic) bond motifs is 1. The number of nitrogens with zero attached hydrogens (tertiary/aromatic N) is 1. The topological polar surface area (TPSA) is 23.5 Å². The predicted molar refractivity (Wildman–Crippen MR) is 44.4 cm³/mol. The Morgan fingerprint density at radius 2 is 2.09 bits per heavy atom. The number of likely N-dealkylation sites (tertiary alicyclic amines) is 1. The second kappa shape index (κ2) is 2.76. The Kier molecular flexibility index (Phi) is 1.90. The summed E-state index contributed by atoms with van der Waals surface area (Å²) >= 11 is 0. The number of aliphatic hydroxyl groups excluding tert-OH is 1. The molecule has 2 heteroatoms. The smallest absolute Gasteiger partial charge is 0.0583 e. The van der Waals surface area contributed by atoms with E-state index < -0.39 is 0 Å². The lowest BCUT2D eigenvalue weighted by molar-refractivity contribution is 0.0469. The summed E-state index contributed by atoms with van der Waals surface area (Å²) in [6.07, 6.45) is 4.76. The average molecular weight is 155 g/mol. The fraction of sp³-hybridized carbons (Fsp3) is 1.00. The van der Waals surface area contributed by atoms with Crippen LogP contribution in [0.2, 0.25) is 0 Å². The lowest BCUT2D eigenvalue weighted by Gasteiger charge is -2.32. The molecule has 2 fully saturated rings. The zero-order chi connectivity index (χ0) is 7.84. The van der Waals surface area contributed by atoms with Gasteiger partial charge in [-0.2, -0.15) is 0 Å². The fourth-order valence-electron chi connectivity index (χ4n) is 2.67. The molecule has 2 nitrogen and oxygen atoms in total. The molecule has 0 aromatic carbocycles. The minimum Gasteiger partial charge on any atom is -0.393 e. The van der Waals surface area contributed by atoms with Gasteiger partial charge in [0.15, 0.2) is 0 Å². The number of hydrogen-bond donors (Lipinski definition) is 1. The minimum atomic E-state index is -0.00120. The Morgan fingerprint density at radius 1 is 1.27 bits per heavy atom. The summed E-state index contributed by atoms with van der Waals surface area (Å²) in [6, 6.07) is 0.693. The quantitative estimate of drug-likeness (QED) is 0.560. The van der Waals surface area contributed by atoms with Crippen molar-refractivity contribution in [1.82, 2.24) is 4.90 Å². The molecule has 0 aromatic heterocycles. The fourth-order valence-corrected chi connectivity index (χ4v) is 2.67. The molecule has 64 valence electrons. The van der Waals surface area contributed by atoms with Crippen molar-refractivity contribution in [3.05, 3.63) is 0 Å². The SMILES string of the molecule is CN1CCC2C(O)CCCC21. The summed E-state index contributed by atoms with van der Waals surface area (Å²) < 4.78 is 0. The first-order valence-electron chi connectivity index (χ1n) is 4.67. The minimum absolute atomic E-state index is 0.00120. The van der Waals surface area contributed by atoms with Crippen molar-refractivity contribution in [2.24, 2.45) is 5.92 Å². The molecule has 1 saturated carbocycles. The van der Waals surface area contributed by atoms with Crippen LogP contribution in [0.15, 0.2) is 0 Å². The molecule has 0 aromatic rings. The van der Waals surface area contributed by atoms with Crippen LogP contribution in [-0.2, 0) is 0 Å². The molecule has 1 N–H and O–H groups in total. The molecule has 11 heavy (non-hydrogen) atoms. The van der Waals surface area contributed by atoms with Gasteiger partial charge in [0, 0.05) is 12.0 Å². The van der Waals surface area contributed by atoms with Gasteiger partial charge >= 0.3 is 0 Å². The Labute approximate surface area is 68.2 Å².